The zero-order valence-electron chi connectivity index (χ0n) is 12.4. The maximum absolute atomic E-state index is 11.0. The molecular formula is C18H22O2S. The summed E-state index contributed by atoms with van der Waals surface area (Å²) in [6, 6.07) is 19.3. The van der Waals surface area contributed by atoms with Gasteiger partial charge in [-0.15, -0.1) is 11.8 Å². The van der Waals surface area contributed by atoms with Gasteiger partial charge in [-0.3, -0.25) is 0 Å². The highest BCUT2D eigenvalue weighted by molar-refractivity contribution is 7.99. The lowest BCUT2D eigenvalue weighted by Gasteiger charge is -2.36. The molecule has 0 aliphatic heterocycles. The van der Waals surface area contributed by atoms with Crippen LogP contribution in [0.5, 0.6) is 0 Å². The zero-order valence-corrected chi connectivity index (χ0v) is 13.3. The van der Waals surface area contributed by atoms with E-state index in [0.29, 0.717) is 5.75 Å². The third kappa shape index (κ3) is 3.88. The number of benzene rings is 2. The molecule has 0 radical (unpaired) electrons. The van der Waals surface area contributed by atoms with Crippen LogP contribution in [0, 0.1) is 5.92 Å². The van der Waals surface area contributed by atoms with E-state index in [1.165, 1.54) is 0 Å². The van der Waals surface area contributed by atoms with Crippen molar-refractivity contribution in [3.8, 4) is 0 Å². The Morgan fingerprint density at radius 2 is 1.48 bits per heavy atom. The minimum absolute atomic E-state index is 0.0519. The molecule has 2 aromatic rings. The van der Waals surface area contributed by atoms with Crippen LogP contribution < -0.4 is 0 Å². The Morgan fingerprint density at radius 3 is 2.00 bits per heavy atom. The SMILES string of the molecule is CC(C)[C@@](O)(CSc1ccccc1)[C@H](O)c1ccccc1. The molecule has 0 fully saturated rings. The van der Waals surface area contributed by atoms with Gasteiger partial charge in [0.15, 0.2) is 0 Å². The largest absolute Gasteiger partial charge is 0.386 e. The molecule has 2 nitrogen and oxygen atoms in total. The third-order valence-electron chi connectivity index (χ3n) is 3.80. The molecule has 3 heteroatoms. The van der Waals surface area contributed by atoms with Gasteiger partial charge in [-0.2, -0.15) is 0 Å². The van der Waals surface area contributed by atoms with Crippen molar-refractivity contribution in [2.75, 3.05) is 5.75 Å². The van der Waals surface area contributed by atoms with E-state index in [4.69, 9.17) is 0 Å². The van der Waals surface area contributed by atoms with E-state index in [1.807, 2.05) is 74.5 Å². The first-order chi connectivity index (χ1) is 10.0. The molecule has 21 heavy (non-hydrogen) atoms. The molecular weight excluding hydrogens is 280 g/mol. The van der Waals surface area contributed by atoms with Gasteiger partial charge in [-0.05, 0) is 23.6 Å². The van der Waals surface area contributed by atoms with Gasteiger partial charge in [0.2, 0.25) is 0 Å². The number of thioether (sulfide) groups is 1. The third-order valence-corrected chi connectivity index (χ3v) is 5.01. The second-order valence-electron chi connectivity index (χ2n) is 5.56. The second-order valence-corrected chi connectivity index (χ2v) is 6.61. The van der Waals surface area contributed by atoms with Crippen LogP contribution in [-0.2, 0) is 0 Å². The summed E-state index contributed by atoms with van der Waals surface area (Å²) in [4.78, 5) is 1.09. The first kappa shape index (κ1) is 16.1. The summed E-state index contributed by atoms with van der Waals surface area (Å²) in [5.74, 6) is 0.397. The van der Waals surface area contributed by atoms with Crippen LogP contribution in [0.15, 0.2) is 65.6 Å². The highest BCUT2D eigenvalue weighted by Gasteiger charge is 2.39. The molecule has 0 amide bonds. The maximum Gasteiger partial charge on any atom is 0.109 e. The van der Waals surface area contributed by atoms with E-state index in [9.17, 15) is 10.2 Å². The van der Waals surface area contributed by atoms with Crippen LogP contribution in [0.2, 0.25) is 0 Å². The molecule has 0 saturated carbocycles. The molecule has 2 aromatic carbocycles. The van der Waals surface area contributed by atoms with Gasteiger partial charge in [0.25, 0.3) is 0 Å². The highest BCUT2D eigenvalue weighted by Crippen LogP contribution is 2.37. The lowest BCUT2D eigenvalue weighted by Crippen LogP contribution is -2.44. The van der Waals surface area contributed by atoms with Crippen molar-refractivity contribution in [1.82, 2.24) is 0 Å². The number of aliphatic hydroxyl groups is 2. The molecule has 0 aliphatic rings. The van der Waals surface area contributed by atoms with Gasteiger partial charge in [-0.1, -0.05) is 62.4 Å². The van der Waals surface area contributed by atoms with E-state index >= 15 is 0 Å². The van der Waals surface area contributed by atoms with Crippen molar-refractivity contribution in [3.05, 3.63) is 66.2 Å². The van der Waals surface area contributed by atoms with E-state index in [2.05, 4.69) is 0 Å². The Hall–Kier alpha value is -1.29. The van der Waals surface area contributed by atoms with Crippen molar-refractivity contribution >= 4 is 11.8 Å². The summed E-state index contributed by atoms with van der Waals surface area (Å²) in [5.41, 5.74) is -0.413. The van der Waals surface area contributed by atoms with Crippen LogP contribution in [-0.4, -0.2) is 21.6 Å². The molecule has 0 heterocycles. The quantitative estimate of drug-likeness (QED) is 0.795. The van der Waals surface area contributed by atoms with Crippen LogP contribution >= 0.6 is 11.8 Å². The van der Waals surface area contributed by atoms with Gasteiger partial charge in [0.1, 0.15) is 11.7 Å². The van der Waals surface area contributed by atoms with E-state index in [-0.39, 0.29) is 5.92 Å². The monoisotopic (exact) mass is 302 g/mol. The zero-order chi connectivity index (χ0) is 15.3. The fourth-order valence-electron chi connectivity index (χ4n) is 2.20. The molecule has 0 bridgehead atoms. The van der Waals surface area contributed by atoms with Gasteiger partial charge >= 0.3 is 0 Å². The van der Waals surface area contributed by atoms with Crippen molar-refractivity contribution in [2.45, 2.75) is 30.4 Å². The smallest absolute Gasteiger partial charge is 0.109 e. The second kappa shape index (κ2) is 7.12. The average Bonchev–Trinajstić information content (AvgIpc) is 2.53. The van der Waals surface area contributed by atoms with Crippen LogP contribution in [0.4, 0.5) is 0 Å². The first-order valence-corrected chi connectivity index (χ1v) is 8.16. The van der Waals surface area contributed by atoms with Crippen LogP contribution in [0.1, 0.15) is 25.5 Å². The standard InChI is InChI=1S/C18H22O2S/c1-14(2)18(20,13-21-16-11-7-4-8-12-16)17(19)15-9-5-3-6-10-15/h3-12,14,17,19-20H,13H2,1-2H3/t17-,18+/m1/s1. The fraction of sp³-hybridized carbons (Fsp3) is 0.333. The van der Waals surface area contributed by atoms with Gasteiger partial charge < -0.3 is 10.2 Å². The first-order valence-electron chi connectivity index (χ1n) is 7.17. The van der Waals surface area contributed by atoms with Crippen LogP contribution in [0.25, 0.3) is 0 Å². The molecule has 2 N–H and O–H groups in total. The Bertz CT molecular complexity index is 542. The molecule has 0 spiro atoms. The molecule has 112 valence electrons. The lowest BCUT2D eigenvalue weighted by atomic mass is 9.83. The average molecular weight is 302 g/mol. The lowest BCUT2D eigenvalue weighted by molar-refractivity contribution is -0.0903. The van der Waals surface area contributed by atoms with Crippen molar-refractivity contribution in [3.63, 3.8) is 0 Å². The topological polar surface area (TPSA) is 40.5 Å². The number of hydrogen-bond acceptors (Lipinski definition) is 3. The van der Waals surface area contributed by atoms with E-state index in [1.54, 1.807) is 11.8 Å². The van der Waals surface area contributed by atoms with Crippen molar-refractivity contribution in [2.24, 2.45) is 5.92 Å². The Balaban J connectivity index is 2.16. The fourth-order valence-corrected chi connectivity index (χ4v) is 3.44. The predicted octanol–water partition coefficient (Wildman–Crippen LogP) is 3.90. The summed E-state index contributed by atoms with van der Waals surface area (Å²) in [6.07, 6.45) is -0.894. The maximum atomic E-state index is 11.0. The van der Waals surface area contributed by atoms with Crippen LogP contribution in [0.3, 0.4) is 0 Å². The van der Waals surface area contributed by atoms with E-state index in [0.717, 1.165) is 10.5 Å². The van der Waals surface area contributed by atoms with Crippen molar-refractivity contribution in [1.29, 1.82) is 0 Å². The van der Waals surface area contributed by atoms with Crippen molar-refractivity contribution < 1.29 is 10.2 Å². The van der Waals surface area contributed by atoms with Gasteiger partial charge in [0.05, 0.1) is 0 Å². The highest BCUT2D eigenvalue weighted by atomic mass is 32.2. The number of hydrogen-bond donors (Lipinski definition) is 2. The predicted molar refractivity (Wildman–Crippen MR) is 88.4 cm³/mol. The molecule has 0 aliphatic carbocycles. The normalized spacial score (nSPS) is 15.7. The van der Waals surface area contributed by atoms with E-state index < -0.39 is 11.7 Å². The molecule has 0 saturated heterocycles. The van der Waals surface area contributed by atoms with Gasteiger partial charge in [-0.25, -0.2) is 0 Å². The Kier molecular flexibility index (Phi) is 5.45. The molecule has 0 unspecified atom stereocenters. The minimum Gasteiger partial charge on any atom is -0.386 e. The summed E-state index contributed by atoms with van der Waals surface area (Å²) in [7, 11) is 0. The molecule has 2 rings (SSSR count). The summed E-state index contributed by atoms with van der Waals surface area (Å²) < 4.78 is 0. The Labute approximate surface area is 130 Å². The summed E-state index contributed by atoms with van der Waals surface area (Å²) in [6.45, 7) is 3.88. The number of rotatable bonds is 6. The molecule has 2 atom stereocenters. The van der Waals surface area contributed by atoms with Gasteiger partial charge in [0, 0.05) is 10.6 Å². The number of aliphatic hydroxyl groups excluding tert-OH is 1. The molecule has 0 aromatic heterocycles. The summed E-state index contributed by atoms with van der Waals surface area (Å²) >= 11 is 1.57. The minimum atomic E-state index is -1.16. The Morgan fingerprint density at radius 1 is 0.952 bits per heavy atom. The summed E-state index contributed by atoms with van der Waals surface area (Å²) in [5, 5.41) is 21.6.